The van der Waals surface area contributed by atoms with E-state index in [0.717, 1.165) is 31.2 Å². The molecule has 5 heteroatoms. The Morgan fingerprint density at radius 1 is 1.56 bits per heavy atom. The van der Waals surface area contributed by atoms with Crippen LogP contribution >= 0.6 is 0 Å². The molecule has 100 valence electrons. The van der Waals surface area contributed by atoms with E-state index in [0.29, 0.717) is 13.1 Å². The van der Waals surface area contributed by atoms with Gasteiger partial charge in [-0.05, 0) is 18.9 Å². The molecule has 0 unspecified atom stereocenters. The molecule has 5 nitrogen and oxygen atoms in total. The van der Waals surface area contributed by atoms with Crippen LogP contribution in [0.15, 0.2) is 16.7 Å². The molecule has 1 aliphatic carbocycles. The monoisotopic (exact) mass is 253 g/mol. The molecule has 0 atom stereocenters. The molecule has 0 radical (unpaired) electrons. The van der Waals surface area contributed by atoms with Crippen LogP contribution < -0.4 is 5.32 Å². The molecule has 2 rings (SSSR count). The van der Waals surface area contributed by atoms with Crippen molar-refractivity contribution >= 4 is 5.97 Å². The van der Waals surface area contributed by atoms with E-state index in [1.165, 1.54) is 13.4 Å². The highest BCUT2D eigenvalue weighted by molar-refractivity contribution is 5.87. The van der Waals surface area contributed by atoms with Crippen molar-refractivity contribution in [1.82, 2.24) is 5.32 Å². The molecule has 0 spiro atoms. The van der Waals surface area contributed by atoms with Crippen LogP contribution in [0.5, 0.6) is 0 Å². The minimum atomic E-state index is -0.588. The molecule has 0 saturated heterocycles. The maximum Gasteiger partial charge on any atom is 0.374 e. The van der Waals surface area contributed by atoms with Crippen LogP contribution in [0.2, 0.25) is 0 Å². The molecule has 1 aliphatic rings. The lowest BCUT2D eigenvalue weighted by Gasteiger charge is -2.22. The van der Waals surface area contributed by atoms with Crippen LogP contribution in [0.3, 0.4) is 0 Å². The molecule has 0 aromatic carbocycles. The van der Waals surface area contributed by atoms with Crippen molar-refractivity contribution in [3.05, 3.63) is 23.7 Å². The number of esters is 1. The summed E-state index contributed by atoms with van der Waals surface area (Å²) in [7, 11) is 1.32. The van der Waals surface area contributed by atoms with Crippen LogP contribution in [0.1, 0.15) is 41.8 Å². The second kappa shape index (κ2) is 5.54. The summed E-state index contributed by atoms with van der Waals surface area (Å²) >= 11 is 0. The minimum Gasteiger partial charge on any atom is -0.463 e. The highest BCUT2D eigenvalue weighted by Gasteiger charge is 2.30. The Kier molecular flexibility index (Phi) is 4.04. The molecule has 1 saturated carbocycles. The summed E-state index contributed by atoms with van der Waals surface area (Å²) in [5.41, 5.74) is 0.165. The van der Waals surface area contributed by atoms with E-state index < -0.39 is 11.6 Å². The van der Waals surface area contributed by atoms with Gasteiger partial charge in [-0.15, -0.1) is 0 Å². The summed E-state index contributed by atoms with van der Waals surface area (Å²) in [6.45, 7) is 1.03. The number of furan rings is 1. The van der Waals surface area contributed by atoms with Crippen LogP contribution in [0, 0.1) is 0 Å². The van der Waals surface area contributed by atoms with Crippen molar-refractivity contribution in [2.45, 2.75) is 37.8 Å². The van der Waals surface area contributed by atoms with E-state index in [1.54, 1.807) is 6.07 Å². The quantitative estimate of drug-likeness (QED) is 0.777. The average Bonchev–Trinajstić information content (AvgIpc) is 2.98. The Morgan fingerprint density at radius 2 is 2.28 bits per heavy atom. The van der Waals surface area contributed by atoms with Gasteiger partial charge in [0.1, 0.15) is 0 Å². The fourth-order valence-corrected chi connectivity index (χ4v) is 2.39. The summed E-state index contributed by atoms with van der Waals surface area (Å²) in [6, 6.07) is 1.73. The second-order valence-electron chi connectivity index (χ2n) is 4.80. The highest BCUT2D eigenvalue weighted by atomic mass is 16.5. The first-order chi connectivity index (χ1) is 8.64. The fraction of sp³-hybridized carbons (Fsp3) is 0.615. The van der Waals surface area contributed by atoms with Gasteiger partial charge in [-0.25, -0.2) is 4.79 Å². The normalized spacial score (nSPS) is 17.9. The van der Waals surface area contributed by atoms with E-state index in [4.69, 9.17) is 4.42 Å². The van der Waals surface area contributed by atoms with E-state index in [1.807, 2.05) is 0 Å². The van der Waals surface area contributed by atoms with Gasteiger partial charge in [-0.3, -0.25) is 0 Å². The van der Waals surface area contributed by atoms with E-state index in [-0.39, 0.29) is 5.76 Å². The van der Waals surface area contributed by atoms with Gasteiger partial charge in [0, 0.05) is 18.7 Å². The lowest BCUT2D eigenvalue weighted by atomic mass is 10.0. The van der Waals surface area contributed by atoms with E-state index in [9.17, 15) is 9.90 Å². The molecule has 1 heterocycles. The van der Waals surface area contributed by atoms with Crippen molar-refractivity contribution < 1.29 is 19.1 Å². The van der Waals surface area contributed by atoms with E-state index in [2.05, 4.69) is 10.1 Å². The van der Waals surface area contributed by atoms with Gasteiger partial charge in [0.25, 0.3) is 0 Å². The third-order valence-electron chi connectivity index (χ3n) is 3.42. The minimum absolute atomic E-state index is 0.225. The van der Waals surface area contributed by atoms with Crippen LogP contribution in [-0.2, 0) is 11.3 Å². The Balaban J connectivity index is 1.87. The number of rotatable bonds is 5. The Morgan fingerprint density at radius 3 is 2.94 bits per heavy atom. The van der Waals surface area contributed by atoms with Crippen LogP contribution in [-0.4, -0.2) is 30.3 Å². The summed E-state index contributed by atoms with van der Waals surface area (Å²) in [5, 5.41) is 13.3. The van der Waals surface area contributed by atoms with Gasteiger partial charge < -0.3 is 19.6 Å². The third-order valence-corrected chi connectivity index (χ3v) is 3.42. The SMILES string of the molecule is COC(=O)c1occc1CNCC1(O)CCCC1. The van der Waals surface area contributed by atoms with Crippen molar-refractivity contribution in [3.63, 3.8) is 0 Å². The molecule has 0 amide bonds. The third kappa shape index (κ3) is 2.91. The van der Waals surface area contributed by atoms with Gasteiger partial charge in [0.05, 0.1) is 19.0 Å². The number of hydrogen-bond donors (Lipinski definition) is 2. The van der Waals surface area contributed by atoms with Crippen LogP contribution in [0.4, 0.5) is 0 Å². The lowest BCUT2D eigenvalue weighted by Crippen LogP contribution is -2.37. The zero-order chi connectivity index (χ0) is 13.0. The lowest BCUT2D eigenvalue weighted by molar-refractivity contribution is 0.0474. The van der Waals surface area contributed by atoms with Crippen molar-refractivity contribution in [1.29, 1.82) is 0 Å². The smallest absolute Gasteiger partial charge is 0.374 e. The fourth-order valence-electron chi connectivity index (χ4n) is 2.39. The molecule has 1 fully saturated rings. The molecule has 18 heavy (non-hydrogen) atoms. The molecule has 2 N–H and O–H groups in total. The van der Waals surface area contributed by atoms with Gasteiger partial charge >= 0.3 is 5.97 Å². The topological polar surface area (TPSA) is 71.7 Å². The van der Waals surface area contributed by atoms with Gasteiger partial charge in [0.2, 0.25) is 5.76 Å². The first kappa shape index (κ1) is 13.1. The zero-order valence-corrected chi connectivity index (χ0v) is 10.6. The number of carbonyl (C=O) groups excluding carboxylic acids is 1. The molecule has 1 aromatic rings. The first-order valence-electron chi connectivity index (χ1n) is 6.22. The Hall–Kier alpha value is -1.33. The standard InChI is InChI=1S/C13H19NO4/c1-17-12(15)11-10(4-7-18-11)8-14-9-13(16)5-2-3-6-13/h4,7,14,16H,2-3,5-6,8-9H2,1H3. The van der Waals surface area contributed by atoms with E-state index >= 15 is 0 Å². The van der Waals surface area contributed by atoms with Crippen LogP contribution in [0.25, 0.3) is 0 Å². The maximum atomic E-state index is 11.4. The number of hydrogen-bond acceptors (Lipinski definition) is 5. The number of aliphatic hydroxyl groups is 1. The predicted molar refractivity (Wildman–Crippen MR) is 65.2 cm³/mol. The maximum absolute atomic E-state index is 11.4. The molecular weight excluding hydrogens is 234 g/mol. The predicted octanol–water partition coefficient (Wildman–Crippen LogP) is 1.46. The first-order valence-corrected chi connectivity index (χ1v) is 6.22. The van der Waals surface area contributed by atoms with Crippen molar-refractivity contribution in [2.75, 3.05) is 13.7 Å². The summed E-state index contributed by atoms with van der Waals surface area (Å²) < 4.78 is 9.71. The molecule has 0 bridgehead atoms. The summed E-state index contributed by atoms with van der Waals surface area (Å²) in [4.78, 5) is 11.4. The van der Waals surface area contributed by atoms with Crippen molar-refractivity contribution in [3.8, 4) is 0 Å². The molecule has 0 aliphatic heterocycles. The average molecular weight is 253 g/mol. The van der Waals surface area contributed by atoms with Gasteiger partial charge in [-0.1, -0.05) is 12.8 Å². The number of methoxy groups -OCH3 is 1. The number of ether oxygens (including phenoxy) is 1. The van der Waals surface area contributed by atoms with Gasteiger partial charge in [-0.2, -0.15) is 0 Å². The Labute approximate surface area is 106 Å². The van der Waals surface area contributed by atoms with Crippen molar-refractivity contribution in [2.24, 2.45) is 0 Å². The molecular formula is C13H19NO4. The van der Waals surface area contributed by atoms with Gasteiger partial charge in [0.15, 0.2) is 0 Å². The summed E-state index contributed by atoms with van der Waals surface area (Å²) in [5.74, 6) is -0.250. The zero-order valence-electron chi connectivity index (χ0n) is 10.6. The summed E-state index contributed by atoms with van der Waals surface area (Å²) in [6.07, 6.45) is 5.31. The molecule has 1 aromatic heterocycles. The Bertz CT molecular complexity index is 407. The number of nitrogens with one attached hydrogen (secondary N) is 1. The largest absolute Gasteiger partial charge is 0.463 e. The highest BCUT2D eigenvalue weighted by Crippen LogP contribution is 2.28. The second-order valence-corrected chi connectivity index (χ2v) is 4.80. The number of carbonyl (C=O) groups is 1.